The zero-order chi connectivity index (χ0) is 12.6. The number of thiophene rings is 1. The van der Waals surface area contributed by atoms with E-state index in [1.807, 2.05) is 0 Å². The van der Waals surface area contributed by atoms with Gasteiger partial charge >= 0.3 is 5.97 Å². The van der Waals surface area contributed by atoms with Gasteiger partial charge in [0.15, 0.2) is 0 Å². The highest BCUT2D eigenvalue weighted by atomic mass is 32.2. The first-order valence-corrected chi connectivity index (χ1v) is 7.52. The molecule has 94 valence electrons. The maximum atomic E-state index is 12.2. The van der Waals surface area contributed by atoms with Gasteiger partial charge in [-0.3, -0.25) is 4.79 Å². The van der Waals surface area contributed by atoms with Crippen molar-refractivity contribution in [2.24, 2.45) is 5.92 Å². The molecule has 1 aliphatic heterocycles. The highest BCUT2D eigenvalue weighted by molar-refractivity contribution is 7.91. The number of carbonyl (C=O) groups is 1. The van der Waals surface area contributed by atoms with Crippen LogP contribution < -0.4 is 0 Å². The van der Waals surface area contributed by atoms with Crippen molar-refractivity contribution in [3.05, 3.63) is 17.0 Å². The zero-order valence-corrected chi connectivity index (χ0v) is 10.9. The highest BCUT2D eigenvalue weighted by Gasteiger charge is 2.36. The minimum atomic E-state index is -3.50. The molecule has 1 atom stereocenters. The van der Waals surface area contributed by atoms with Gasteiger partial charge < -0.3 is 5.11 Å². The molecule has 2 heterocycles. The lowest BCUT2D eigenvalue weighted by Crippen LogP contribution is -2.29. The van der Waals surface area contributed by atoms with Crippen LogP contribution in [0.2, 0.25) is 0 Å². The van der Waals surface area contributed by atoms with Crippen LogP contribution in [0, 0.1) is 12.8 Å². The fraction of sp³-hybridized carbons (Fsp3) is 0.500. The molecule has 0 aliphatic carbocycles. The molecule has 7 heteroatoms. The molecule has 0 saturated carbocycles. The fourth-order valence-electron chi connectivity index (χ4n) is 1.89. The Morgan fingerprint density at radius 3 is 2.76 bits per heavy atom. The van der Waals surface area contributed by atoms with Crippen LogP contribution >= 0.6 is 11.3 Å². The average Bonchev–Trinajstić information content (AvgIpc) is 2.84. The first-order valence-electron chi connectivity index (χ1n) is 5.20. The summed E-state index contributed by atoms with van der Waals surface area (Å²) >= 11 is 1.18. The van der Waals surface area contributed by atoms with Gasteiger partial charge in [0.2, 0.25) is 0 Å². The quantitative estimate of drug-likeness (QED) is 0.898. The molecule has 1 aromatic heterocycles. The molecule has 1 aliphatic rings. The smallest absolute Gasteiger partial charge is 0.307 e. The predicted octanol–water partition coefficient (Wildman–Crippen LogP) is 1.15. The number of rotatable bonds is 3. The molecule has 0 radical (unpaired) electrons. The summed E-state index contributed by atoms with van der Waals surface area (Å²) in [6.07, 6.45) is 0.388. The van der Waals surface area contributed by atoms with Crippen LogP contribution in [0.1, 0.15) is 12.0 Å². The van der Waals surface area contributed by atoms with Gasteiger partial charge in [-0.05, 0) is 30.4 Å². The summed E-state index contributed by atoms with van der Waals surface area (Å²) in [7, 11) is -3.50. The number of hydrogen-bond donors (Lipinski definition) is 1. The lowest BCUT2D eigenvalue weighted by molar-refractivity contribution is -0.141. The Bertz CT molecular complexity index is 534. The van der Waals surface area contributed by atoms with E-state index in [4.69, 9.17) is 5.11 Å². The van der Waals surface area contributed by atoms with E-state index >= 15 is 0 Å². The SMILES string of the molecule is Cc1ccsc1S(=O)(=O)N1CCC(C(=O)O)C1. The van der Waals surface area contributed by atoms with Gasteiger partial charge in [0.1, 0.15) is 4.21 Å². The third-order valence-electron chi connectivity index (χ3n) is 2.89. The zero-order valence-electron chi connectivity index (χ0n) is 9.29. The molecular formula is C10H13NO4S2. The molecule has 0 aromatic carbocycles. The van der Waals surface area contributed by atoms with E-state index in [9.17, 15) is 13.2 Å². The summed E-state index contributed by atoms with van der Waals surface area (Å²) in [5, 5.41) is 10.6. The molecule has 0 spiro atoms. The Morgan fingerprint density at radius 1 is 1.59 bits per heavy atom. The van der Waals surface area contributed by atoms with E-state index in [1.165, 1.54) is 15.6 Å². The summed E-state index contributed by atoms with van der Waals surface area (Å²) in [6, 6.07) is 1.75. The molecule has 0 bridgehead atoms. The molecule has 0 amide bonds. The second-order valence-electron chi connectivity index (χ2n) is 4.08. The van der Waals surface area contributed by atoms with Gasteiger partial charge in [0, 0.05) is 13.1 Å². The average molecular weight is 275 g/mol. The van der Waals surface area contributed by atoms with Crippen molar-refractivity contribution in [1.29, 1.82) is 0 Å². The number of aryl methyl sites for hydroxylation is 1. The summed E-state index contributed by atoms with van der Waals surface area (Å²) in [5.41, 5.74) is 0.716. The van der Waals surface area contributed by atoms with Gasteiger partial charge in [0.05, 0.1) is 5.92 Å². The van der Waals surface area contributed by atoms with E-state index in [0.717, 1.165) is 0 Å². The normalized spacial score (nSPS) is 21.8. The molecule has 1 N–H and O–H groups in total. The second kappa shape index (κ2) is 4.40. The van der Waals surface area contributed by atoms with Crippen molar-refractivity contribution in [2.75, 3.05) is 13.1 Å². The fourth-order valence-corrected chi connectivity index (χ4v) is 4.94. The number of nitrogens with zero attached hydrogens (tertiary/aromatic N) is 1. The van der Waals surface area contributed by atoms with Crippen LogP contribution in [0.15, 0.2) is 15.7 Å². The molecule has 1 saturated heterocycles. The van der Waals surface area contributed by atoms with Gasteiger partial charge in [-0.25, -0.2) is 8.42 Å². The van der Waals surface area contributed by atoms with Crippen LogP contribution in [0.25, 0.3) is 0 Å². The van der Waals surface area contributed by atoms with Crippen LogP contribution in [-0.2, 0) is 14.8 Å². The van der Waals surface area contributed by atoms with Crippen LogP contribution in [-0.4, -0.2) is 36.9 Å². The van der Waals surface area contributed by atoms with Gasteiger partial charge in [0.25, 0.3) is 10.0 Å². The lowest BCUT2D eigenvalue weighted by Gasteiger charge is -2.15. The number of sulfonamides is 1. The maximum Gasteiger partial charge on any atom is 0.307 e. The monoisotopic (exact) mass is 275 g/mol. The van der Waals surface area contributed by atoms with Crippen molar-refractivity contribution < 1.29 is 18.3 Å². The Labute approximate surface area is 104 Å². The van der Waals surface area contributed by atoms with E-state index in [1.54, 1.807) is 18.4 Å². The summed E-state index contributed by atoms with van der Waals surface area (Å²) in [4.78, 5) is 10.8. The van der Waals surface area contributed by atoms with Gasteiger partial charge in [-0.1, -0.05) is 0 Å². The third-order valence-corrected chi connectivity index (χ3v) is 6.42. The molecule has 2 rings (SSSR count). The molecule has 17 heavy (non-hydrogen) atoms. The van der Waals surface area contributed by atoms with Gasteiger partial charge in [-0.2, -0.15) is 4.31 Å². The van der Waals surface area contributed by atoms with E-state index in [-0.39, 0.29) is 13.1 Å². The molecule has 1 aromatic rings. The summed E-state index contributed by atoms with van der Waals surface area (Å²) in [6.45, 7) is 2.11. The Kier molecular flexibility index (Phi) is 3.24. The largest absolute Gasteiger partial charge is 0.481 e. The van der Waals surface area contributed by atoms with E-state index < -0.39 is 21.9 Å². The minimum Gasteiger partial charge on any atom is -0.481 e. The van der Waals surface area contributed by atoms with Crippen LogP contribution in [0.3, 0.4) is 0 Å². The Morgan fingerprint density at radius 2 is 2.29 bits per heavy atom. The van der Waals surface area contributed by atoms with Crippen molar-refractivity contribution in [3.8, 4) is 0 Å². The number of hydrogen-bond acceptors (Lipinski definition) is 4. The number of aliphatic carboxylic acids is 1. The molecular weight excluding hydrogens is 262 g/mol. The minimum absolute atomic E-state index is 0.0784. The van der Waals surface area contributed by atoms with E-state index in [0.29, 0.717) is 16.2 Å². The third kappa shape index (κ3) is 2.22. The van der Waals surface area contributed by atoms with Crippen molar-refractivity contribution in [3.63, 3.8) is 0 Å². The van der Waals surface area contributed by atoms with Crippen molar-refractivity contribution >= 4 is 27.3 Å². The standard InChI is InChI=1S/C10H13NO4S2/c1-7-3-5-16-10(7)17(14,15)11-4-2-8(6-11)9(12)13/h3,5,8H,2,4,6H2,1H3,(H,12,13). The number of carboxylic acids is 1. The highest BCUT2D eigenvalue weighted by Crippen LogP contribution is 2.29. The predicted molar refractivity (Wildman–Crippen MR) is 63.6 cm³/mol. The first-order chi connectivity index (χ1) is 7.93. The number of carboxylic acid groups (broad SMARTS) is 1. The summed E-state index contributed by atoms with van der Waals surface area (Å²) in [5.74, 6) is -1.50. The molecule has 1 fully saturated rings. The summed E-state index contributed by atoms with van der Waals surface area (Å²) < 4.78 is 26.0. The van der Waals surface area contributed by atoms with Crippen LogP contribution in [0.5, 0.6) is 0 Å². The maximum absolute atomic E-state index is 12.2. The van der Waals surface area contributed by atoms with Crippen LogP contribution in [0.4, 0.5) is 0 Å². The molecule has 5 nitrogen and oxygen atoms in total. The van der Waals surface area contributed by atoms with Crippen molar-refractivity contribution in [2.45, 2.75) is 17.6 Å². The Balaban J connectivity index is 2.25. The van der Waals surface area contributed by atoms with E-state index in [2.05, 4.69) is 0 Å². The first kappa shape index (κ1) is 12.5. The second-order valence-corrected chi connectivity index (χ2v) is 7.13. The molecule has 1 unspecified atom stereocenters. The van der Waals surface area contributed by atoms with Crippen molar-refractivity contribution in [1.82, 2.24) is 4.31 Å². The van der Waals surface area contributed by atoms with Gasteiger partial charge in [-0.15, -0.1) is 11.3 Å². The topological polar surface area (TPSA) is 74.7 Å². The lowest BCUT2D eigenvalue weighted by atomic mass is 10.1. The Hall–Kier alpha value is -0.920.